The minimum Gasteiger partial charge on any atom is -0.370 e. The van der Waals surface area contributed by atoms with E-state index >= 15 is 0 Å². The second kappa shape index (κ2) is 6.30. The van der Waals surface area contributed by atoms with Crippen LogP contribution >= 0.6 is 0 Å². The molecule has 3 aliphatic heterocycles. The van der Waals surface area contributed by atoms with Crippen molar-refractivity contribution in [3.05, 3.63) is 35.6 Å². The molecule has 2 bridgehead atoms. The Bertz CT molecular complexity index is 756. The van der Waals surface area contributed by atoms with Crippen LogP contribution in [0.4, 0.5) is 4.39 Å². The second-order valence-electron chi connectivity index (χ2n) is 7.58. The number of nitrogens with one attached hydrogen (secondary N) is 1. The molecule has 1 aromatic carbocycles. The largest absolute Gasteiger partial charge is 0.370 e. The quantitative estimate of drug-likeness (QED) is 0.831. The Balaban J connectivity index is 1.45. The van der Waals surface area contributed by atoms with Gasteiger partial charge in [0.05, 0.1) is 17.5 Å². The van der Waals surface area contributed by atoms with Crippen LogP contribution in [0.5, 0.6) is 0 Å². The summed E-state index contributed by atoms with van der Waals surface area (Å²) in [7, 11) is -3.18. The molecule has 4 atom stereocenters. The molecule has 3 saturated heterocycles. The average Bonchev–Trinajstić information content (AvgIpc) is 3.20. The average molecular weight is 368 g/mol. The molecule has 0 aromatic heterocycles. The SMILES string of the molecule is CCS(=O)(=O)NC[C@H]1[C@H]2CN(Cc3cccc(F)c3)C[C@]23CC[C@H]1O3. The number of halogens is 1. The van der Waals surface area contributed by atoms with Gasteiger partial charge in [0, 0.05) is 38.0 Å². The van der Waals surface area contributed by atoms with Crippen LogP contribution in [0.2, 0.25) is 0 Å². The van der Waals surface area contributed by atoms with E-state index in [1.807, 2.05) is 6.07 Å². The third-order valence-corrected chi connectivity index (χ3v) is 7.44. The smallest absolute Gasteiger partial charge is 0.211 e. The maximum atomic E-state index is 13.4. The first-order chi connectivity index (χ1) is 11.9. The normalized spacial score (nSPS) is 34.6. The lowest BCUT2D eigenvalue weighted by Gasteiger charge is -2.29. The molecule has 25 heavy (non-hydrogen) atoms. The van der Waals surface area contributed by atoms with Gasteiger partial charge in [-0.3, -0.25) is 4.90 Å². The molecule has 138 valence electrons. The molecule has 0 saturated carbocycles. The van der Waals surface area contributed by atoms with Crippen molar-refractivity contribution in [3.8, 4) is 0 Å². The molecule has 3 heterocycles. The lowest BCUT2D eigenvalue weighted by atomic mass is 9.74. The van der Waals surface area contributed by atoms with E-state index in [2.05, 4.69) is 9.62 Å². The van der Waals surface area contributed by atoms with Crippen molar-refractivity contribution in [2.24, 2.45) is 11.8 Å². The summed E-state index contributed by atoms with van der Waals surface area (Å²) >= 11 is 0. The molecule has 0 unspecified atom stereocenters. The second-order valence-corrected chi connectivity index (χ2v) is 9.68. The Morgan fingerprint density at radius 2 is 2.28 bits per heavy atom. The number of rotatable bonds is 6. The van der Waals surface area contributed by atoms with Crippen LogP contribution < -0.4 is 4.72 Å². The first kappa shape index (κ1) is 17.4. The summed E-state index contributed by atoms with van der Waals surface area (Å²) in [6.45, 7) is 4.54. The van der Waals surface area contributed by atoms with Gasteiger partial charge < -0.3 is 4.74 Å². The number of fused-ring (bicyclic) bond motifs is 1. The molecule has 3 aliphatic rings. The number of hydrogen-bond donors (Lipinski definition) is 1. The first-order valence-electron chi connectivity index (χ1n) is 9.03. The lowest BCUT2D eigenvalue weighted by Crippen LogP contribution is -2.42. The predicted octanol–water partition coefficient (Wildman–Crippen LogP) is 1.74. The summed E-state index contributed by atoms with van der Waals surface area (Å²) in [5.41, 5.74) is 0.828. The highest BCUT2D eigenvalue weighted by Crippen LogP contribution is 2.54. The molecule has 0 aliphatic carbocycles. The van der Waals surface area contributed by atoms with Crippen molar-refractivity contribution in [2.75, 3.05) is 25.4 Å². The van der Waals surface area contributed by atoms with Crippen molar-refractivity contribution in [1.82, 2.24) is 9.62 Å². The van der Waals surface area contributed by atoms with Gasteiger partial charge in [-0.2, -0.15) is 0 Å². The maximum Gasteiger partial charge on any atom is 0.211 e. The van der Waals surface area contributed by atoms with Crippen molar-refractivity contribution in [2.45, 2.75) is 38.0 Å². The van der Waals surface area contributed by atoms with E-state index in [0.717, 1.165) is 31.5 Å². The molecule has 5 nitrogen and oxygen atoms in total. The van der Waals surface area contributed by atoms with Gasteiger partial charge in [-0.25, -0.2) is 17.5 Å². The predicted molar refractivity (Wildman–Crippen MR) is 93.0 cm³/mol. The van der Waals surface area contributed by atoms with E-state index in [4.69, 9.17) is 4.74 Å². The summed E-state index contributed by atoms with van der Waals surface area (Å²) in [6.07, 6.45) is 2.21. The van der Waals surface area contributed by atoms with Crippen molar-refractivity contribution >= 4 is 10.0 Å². The highest BCUT2D eigenvalue weighted by Gasteiger charge is 2.62. The minimum atomic E-state index is -3.18. The van der Waals surface area contributed by atoms with E-state index in [0.29, 0.717) is 19.0 Å². The Kier molecular flexibility index (Phi) is 4.38. The van der Waals surface area contributed by atoms with Gasteiger partial charge in [0.25, 0.3) is 0 Å². The highest BCUT2D eigenvalue weighted by molar-refractivity contribution is 7.89. The number of likely N-dealkylation sites (tertiary alicyclic amines) is 1. The van der Waals surface area contributed by atoms with E-state index in [1.165, 1.54) is 6.07 Å². The van der Waals surface area contributed by atoms with Crippen LogP contribution in [0.1, 0.15) is 25.3 Å². The summed E-state index contributed by atoms with van der Waals surface area (Å²) in [6, 6.07) is 6.72. The molecule has 1 aromatic rings. The molecule has 7 heteroatoms. The topological polar surface area (TPSA) is 58.6 Å². The van der Waals surface area contributed by atoms with Gasteiger partial charge >= 0.3 is 0 Å². The minimum absolute atomic E-state index is 0.104. The van der Waals surface area contributed by atoms with Crippen LogP contribution in [-0.4, -0.2) is 50.4 Å². The first-order valence-corrected chi connectivity index (χ1v) is 10.7. The molecular formula is C18H25FN2O3S. The molecule has 3 fully saturated rings. The van der Waals surface area contributed by atoms with Crippen LogP contribution in [0, 0.1) is 17.7 Å². The third kappa shape index (κ3) is 3.23. The number of ether oxygens (including phenoxy) is 1. The maximum absolute atomic E-state index is 13.4. The monoisotopic (exact) mass is 368 g/mol. The van der Waals surface area contributed by atoms with Crippen molar-refractivity contribution < 1.29 is 17.5 Å². The lowest BCUT2D eigenvalue weighted by molar-refractivity contribution is 0.00219. The summed E-state index contributed by atoms with van der Waals surface area (Å²) in [5.74, 6) is 0.471. The Morgan fingerprint density at radius 1 is 1.44 bits per heavy atom. The van der Waals surface area contributed by atoms with Crippen molar-refractivity contribution in [3.63, 3.8) is 0 Å². The Morgan fingerprint density at radius 3 is 3.04 bits per heavy atom. The molecule has 4 rings (SSSR count). The number of sulfonamides is 1. The summed E-state index contributed by atoms with van der Waals surface area (Å²) in [4.78, 5) is 2.32. The molecular weight excluding hydrogens is 343 g/mol. The summed E-state index contributed by atoms with van der Waals surface area (Å²) in [5, 5.41) is 0. The van der Waals surface area contributed by atoms with Crippen LogP contribution in [-0.2, 0) is 21.3 Å². The molecule has 1 spiro atoms. The fraction of sp³-hybridized carbons (Fsp3) is 0.667. The van der Waals surface area contributed by atoms with Gasteiger partial charge in [0.15, 0.2) is 0 Å². The van der Waals surface area contributed by atoms with E-state index in [9.17, 15) is 12.8 Å². The fourth-order valence-corrected chi connectivity index (χ4v) is 5.55. The number of nitrogens with zero attached hydrogens (tertiary/aromatic N) is 1. The third-order valence-electron chi connectivity index (χ3n) is 6.07. The van der Waals surface area contributed by atoms with E-state index in [-0.39, 0.29) is 29.2 Å². The number of hydrogen-bond acceptors (Lipinski definition) is 4. The van der Waals surface area contributed by atoms with Crippen LogP contribution in [0.25, 0.3) is 0 Å². The standard InChI is InChI=1S/C18H25FN2O3S/c1-2-25(22,23)20-9-15-16-11-21(10-13-4-3-5-14(19)8-13)12-18(16)7-6-17(15)24-18/h3-5,8,15-17,20H,2,6-7,9-12H2,1H3/t15-,16+,17+,18+/m0/s1. The van der Waals surface area contributed by atoms with Crippen LogP contribution in [0.15, 0.2) is 24.3 Å². The Labute approximate surface area is 148 Å². The molecule has 0 amide bonds. The van der Waals surface area contributed by atoms with Crippen molar-refractivity contribution in [1.29, 1.82) is 0 Å². The Hall–Kier alpha value is -1.02. The van der Waals surface area contributed by atoms with Gasteiger partial charge in [0.2, 0.25) is 10.0 Å². The zero-order chi connectivity index (χ0) is 17.7. The van der Waals surface area contributed by atoms with Crippen LogP contribution in [0.3, 0.4) is 0 Å². The van der Waals surface area contributed by atoms with Gasteiger partial charge in [-0.1, -0.05) is 12.1 Å². The number of benzene rings is 1. The zero-order valence-corrected chi connectivity index (χ0v) is 15.3. The zero-order valence-electron chi connectivity index (χ0n) is 14.4. The van der Waals surface area contributed by atoms with Gasteiger partial charge in [0.1, 0.15) is 5.82 Å². The fourth-order valence-electron chi connectivity index (χ4n) is 4.90. The van der Waals surface area contributed by atoms with E-state index < -0.39 is 10.0 Å². The molecule has 1 N–H and O–H groups in total. The van der Waals surface area contributed by atoms with E-state index in [1.54, 1.807) is 19.1 Å². The molecule has 0 radical (unpaired) electrons. The summed E-state index contributed by atoms with van der Waals surface area (Å²) < 4.78 is 46.1. The van der Waals surface area contributed by atoms with Gasteiger partial charge in [-0.15, -0.1) is 0 Å². The highest BCUT2D eigenvalue weighted by atomic mass is 32.2. The van der Waals surface area contributed by atoms with Gasteiger partial charge in [-0.05, 0) is 37.5 Å².